The Balaban J connectivity index is 1.47. The molecule has 0 fully saturated rings. The van der Waals surface area contributed by atoms with Crippen LogP contribution in [-0.4, -0.2) is 54.0 Å². The molecule has 178 valence electrons. The molecule has 0 saturated heterocycles. The number of carbonyl (C=O) groups is 2. The normalized spacial score (nSPS) is 16.0. The number of amides is 2. The summed E-state index contributed by atoms with van der Waals surface area (Å²) in [4.78, 5) is 33.2. The fourth-order valence-corrected chi connectivity index (χ4v) is 4.31. The molecule has 4 rings (SSSR count). The molecule has 13 heteroatoms. The minimum Gasteiger partial charge on any atom is -0.269 e. The number of nitrogens with zero attached hydrogens (tertiary/aromatic N) is 7. The van der Waals surface area contributed by atoms with Crippen LogP contribution < -0.4 is 4.31 Å². The Kier molecular flexibility index (Phi) is 6.67. The third-order valence-corrected chi connectivity index (χ3v) is 7.00. The van der Waals surface area contributed by atoms with Crippen LogP contribution in [-0.2, 0) is 14.8 Å². The zero-order chi connectivity index (χ0) is 25.2. The van der Waals surface area contributed by atoms with E-state index in [1.54, 1.807) is 13.0 Å². The predicted octanol–water partition coefficient (Wildman–Crippen LogP) is 3.47. The number of sulfonamides is 1. The molecule has 0 radical (unpaired) electrons. The smallest absolute Gasteiger partial charge is 0.269 e. The first-order chi connectivity index (χ1) is 16.7. The van der Waals surface area contributed by atoms with E-state index < -0.39 is 27.9 Å². The number of hydrogen-bond donors (Lipinski definition) is 0. The first-order valence-electron chi connectivity index (χ1n) is 10.1. The quantitative estimate of drug-likeness (QED) is 0.367. The summed E-state index contributed by atoms with van der Waals surface area (Å²) in [6.45, 7) is 1.56. The number of halogens is 1. The van der Waals surface area contributed by atoms with Gasteiger partial charge in [-0.05, 0) is 61.5 Å². The average molecular weight is 512 g/mol. The summed E-state index contributed by atoms with van der Waals surface area (Å²) in [6, 6.07) is 12.2. The number of benzene rings is 2. The number of hydrogen-bond acceptors (Lipinski definition) is 9. The van der Waals surface area contributed by atoms with Gasteiger partial charge in [-0.3, -0.25) is 9.59 Å². The van der Waals surface area contributed by atoms with Crippen LogP contribution in [0.2, 0.25) is 5.02 Å². The van der Waals surface area contributed by atoms with Crippen LogP contribution in [0, 0.1) is 0 Å². The van der Waals surface area contributed by atoms with Gasteiger partial charge in [0.1, 0.15) is 0 Å². The van der Waals surface area contributed by atoms with Crippen LogP contribution in [0.15, 0.2) is 87.2 Å². The average Bonchev–Trinajstić information content (AvgIpc) is 3.16. The van der Waals surface area contributed by atoms with Crippen molar-refractivity contribution in [1.29, 1.82) is 0 Å². The molecule has 0 N–H and O–H groups in total. The topological polar surface area (TPSA) is 138 Å². The molecule has 2 heterocycles. The van der Waals surface area contributed by atoms with Gasteiger partial charge < -0.3 is 0 Å². The molecular formula is C22H18ClN7O4S. The van der Waals surface area contributed by atoms with Gasteiger partial charge in [0.25, 0.3) is 21.8 Å². The second-order valence-electron chi connectivity index (χ2n) is 7.34. The Hall–Kier alpha value is -4.03. The maximum absolute atomic E-state index is 12.8. The Bertz CT molecular complexity index is 1430. The lowest BCUT2D eigenvalue weighted by Gasteiger charge is -2.16. The van der Waals surface area contributed by atoms with Crippen molar-refractivity contribution in [1.82, 2.24) is 15.0 Å². The van der Waals surface area contributed by atoms with Crippen molar-refractivity contribution >= 4 is 50.8 Å². The van der Waals surface area contributed by atoms with Gasteiger partial charge >= 0.3 is 0 Å². The van der Waals surface area contributed by atoms with E-state index in [1.807, 2.05) is 0 Å². The molecule has 1 aromatic heterocycles. The molecule has 11 nitrogen and oxygen atoms in total. The first-order valence-corrected chi connectivity index (χ1v) is 12.0. The standard InChI is InChI=1S/C22H18ClN7O4S/c1-14-19(21(32)30(28-14)20(31)15-4-6-16(23)7-5-15)27-26-17-8-10-18(11-9-17)35(33,34)29(2)22-24-12-3-13-25-22/h3-13,19H,1-2H3/b27-26+. The Labute approximate surface area is 205 Å². The van der Waals surface area contributed by atoms with E-state index in [-0.39, 0.29) is 16.4 Å². The van der Waals surface area contributed by atoms with Gasteiger partial charge in [-0.2, -0.15) is 20.3 Å². The van der Waals surface area contributed by atoms with Crippen LogP contribution in [0.5, 0.6) is 0 Å². The number of hydrazone groups is 1. The lowest BCUT2D eigenvalue weighted by atomic mass is 10.2. The number of azo groups is 1. The highest BCUT2D eigenvalue weighted by atomic mass is 35.5. The van der Waals surface area contributed by atoms with Crippen LogP contribution in [0.3, 0.4) is 0 Å². The van der Waals surface area contributed by atoms with E-state index in [9.17, 15) is 18.0 Å². The monoisotopic (exact) mass is 511 g/mol. The largest absolute Gasteiger partial charge is 0.282 e. The molecule has 0 bridgehead atoms. The predicted molar refractivity (Wildman–Crippen MR) is 128 cm³/mol. The summed E-state index contributed by atoms with van der Waals surface area (Å²) in [5.74, 6) is -1.22. The fourth-order valence-electron chi connectivity index (χ4n) is 3.08. The van der Waals surface area contributed by atoms with Gasteiger partial charge in [-0.1, -0.05) is 11.6 Å². The summed E-state index contributed by atoms with van der Waals surface area (Å²) < 4.78 is 26.6. The van der Waals surface area contributed by atoms with E-state index >= 15 is 0 Å². The lowest BCUT2D eigenvalue weighted by molar-refractivity contribution is -0.127. The molecule has 1 aliphatic rings. The number of carbonyl (C=O) groups excluding carboxylic acids is 2. The Morgan fingerprint density at radius 3 is 2.31 bits per heavy atom. The van der Waals surface area contributed by atoms with Crippen LogP contribution in [0.4, 0.5) is 11.6 Å². The summed E-state index contributed by atoms with van der Waals surface area (Å²) in [6.07, 6.45) is 2.88. The SMILES string of the molecule is CC1=NN(C(=O)c2ccc(Cl)cc2)C(=O)C1/N=N/c1ccc(S(=O)(=O)N(C)c2ncccn2)cc1. The lowest BCUT2D eigenvalue weighted by Crippen LogP contribution is -2.34. The molecule has 2 amide bonds. The number of imide groups is 1. The zero-order valence-corrected chi connectivity index (χ0v) is 20.1. The van der Waals surface area contributed by atoms with E-state index in [1.165, 1.54) is 68.0 Å². The first kappa shape index (κ1) is 24.1. The highest BCUT2D eigenvalue weighted by molar-refractivity contribution is 7.92. The fraction of sp³-hybridized carbons (Fsp3) is 0.136. The maximum Gasteiger partial charge on any atom is 0.282 e. The van der Waals surface area contributed by atoms with E-state index in [2.05, 4.69) is 25.3 Å². The third kappa shape index (κ3) is 4.93. The summed E-state index contributed by atoms with van der Waals surface area (Å²) in [7, 11) is -2.54. The van der Waals surface area contributed by atoms with E-state index in [4.69, 9.17) is 11.6 Å². The molecule has 2 aromatic carbocycles. The van der Waals surface area contributed by atoms with Gasteiger partial charge in [0, 0.05) is 30.0 Å². The van der Waals surface area contributed by atoms with Crippen LogP contribution in [0.25, 0.3) is 0 Å². The Morgan fingerprint density at radius 1 is 1.06 bits per heavy atom. The summed E-state index contributed by atoms with van der Waals surface area (Å²) in [5.41, 5.74) is 0.856. The highest BCUT2D eigenvalue weighted by Crippen LogP contribution is 2.23. The van der Waals surface area contributed by atoms with Crippen LogP contribution >= 0.6 is 11.6 Å². The number of anilines is 1. The third-order valence-electron chi connectivity index (χ3n) is 5.00. The van der Waals surface area contributed by atoms with Gasteiger partial charge in [-0.15, -0.1) is 0 Å². The highest BCUT2D eigenvalue weighted by Gasteiger charge is 2.38. The molecule has 0 spiro atoms. The van der Waals surface area contributed by atoms with Gasteiger partial charge in [0.15, 0.2) is 6.04 Å². The minimum atomic E-state index is -3.89. The van der Waals surface area contributed by atoms with Crippen molar-refractivity contribution in [2.75, 3.05) is 11.4 Å². The molecule has 35 heavy (non-hydrogen) atoms. The van der Waals surface area contributed by atoms with Gasteiger partial charge in [0.2, 0.25) is 5.95 Å². The van der Waals surface area contributed by atoms with E-state index in [0.717, 1.165) is 9.31 Å². The molecule has 3 aromatic rings. The van der Waals surface area contributed by atoms with Crippen molar-refractivity contribution in [2.45, 2.75) is 17.9 Å². The summed E-state index contributed by atoms with van der Waals surface area (Å²) >= 11 is 5.84. The van der Waals surface area contributed by atoms with Crippen molar-refractivity contribution in [2.24, 2.45) is 15.3 Å². The van der Waals surface area contributed by atoms with Gasteiger partial charge in [0.05, 0.1) is 16.3 Å². The Morgan fingerprint density at radius 2 is 1.69 bits per heavy atom. The molecule has 0 aliphatic carbocycles. The molecule has 1 atom stereocenters. The van der Waals surface area contributed by atoms with Gasteiger partial charge in [-0.25, -0.2) is 22.7 Å². The van der Waals surface area contributed by atoms with Crippen molar-refractivity contribution < 1.29 is 18.0 Å². The summed E-state index contributed by atoms with van der Waals surface area (Å²) in [5, 5.41) is 13.3. The maximum atomic E-state index is 12.8. The number of aromatic nitrogens is 2. The molecular weight excluding hydrogens is 494 g/mol. The number of rotatable bonds is 6. The van der Waals surface area contributed by atoms with E-state index in [0.29, 0.717) is 16.4 Å². The molecule has 0 saturated carbocycles. The van der Waals surface area contributed by atoms with Crippen molar-refractivity contribution in [3.63, 3.8) is 0 Å². The molecule has 1 unspecified atom stereocenters. The molecule has 1 aliphatic heterocycles. The second-order valence-corrected chi connectivity index (χ2v) is 9.74. The minimum absolute atomic E-state index is 0.000764. The van der Waals surface area contributed by atoms with Crippen molar-refractivity contribution in [3.8, 4) is 0 Å². The second kappa shape index (κ2) is 9.68. The van der Waals surface area contributed by atoms with Crippen molar-refractivity contribution in [3.05, 3.63) is 77.6 Å². The van der Waals surface area contributed by atoms with Crippen LogP contribution in [0.1, 0.15) is 17.3 Å². The zero-order valence-electron chi connectivity index (χ0n) is 18.5.